The summed E-state index contributed by atoms with van der Waals surface area (Å²) in [5.74, 6) is -1.24. The molecule has 1 aliphatic carbocycles. The molecule has 2 N–H and O–H groups in total. The maximum Gasteiger partial charge on any atom is 0.416 e. The summed E-state index contributed by atoms with van der Waals surface area (Å²) in [6.45, 7) is 1.17. The van der Waals surface area contributed by atoms with Crippen molar-refractivity contribution in [3.63, 3.8) is 0 Å². The molecule has 0 bridgehead atoms. The first-order valence-electron chi connectivity index (χ1n) is 10.0. The summed E-state index contributed by atoms with van der Waals surface area (Å²) in [6.07, 6.45) is 0.455. The highest BCUT2D eigenvalue weighted by molar-refractivity contribution is 5.94. The van der Waals surface area contributed by atoms with Crippen LogP contribution in [0.15, 0.2) is 35.1 Å². The lowest BCUT2D eigenvalue weighted by atomic mass is 9.95. The van der Waals surface area contributed by atoms with Crippen LogP contribution in [0, 0.1) is 6.92 Å². The molecule has 1 heterocycles. The van der Waals surface area contributed by atoms with Gasteiger partial charge in [-0.1, -0.05) is 25.3 Å². The summed E-state index contributed by atoms with van der Waals surface area (Å²) in [7, 11) is 0. The van der Waals surface area contributed by atoms with Crippen molar-refractivity contribution in [2.24, 2.45) is 0 Å². The van der Waals surface area contributed by atoms with Gasteiger partial charge < -0.3 is 10.6 Å². The van der Waals surface area contributed by atoms with E-state index < -0.39 is 28.8 Å². The Labute approximate surface area is 176 Å². The molecule has 2 amide bonds. The number of benzene rings is 1. The lowest BCUT2D eigenvalue weighted by molar-refractivity contribution is -0.137. The summed E-state index contributed by atoms with van der Waals surface area (Å²) in [5, 5.41) is 9.15. The van der Waals surface area contributed by atoms with Gasteiger partial charge in [0.1, 0.15) is 0 Å². The second-order valence-corrected chi connectivity index (χ2v) is 7.54. The summed E-state index contributed by atoms with van der Waals surface area (Å²) in [4.78, 5) is 36.7. The molecule has 0 aliphatic heterocycles. The maximum absolute atomic E-state index is 13.0. The zero-order valence-electron chi connectivity index (χ0n) is 17.0. The van der Waals surface area contributed by atoms with Crippen LogP contribution in [0.3, 0.4) is 0 Å². The number of alkyl halides is 3. The second-order valence-electron chi connectivity index (χ2n) is 7.54. The molecule has 1 fully saturated rings. The summed E-state index contributed by atoms with van der Waals surface area (Å²) in [6, 6.07) is 5.59. The molecule has 1 aliphatic rings. The molecule has 1 aromatic heterocycles. The highest BCUT2D eigenvalue weighted by atomic mass is 19.4. The maximum atomic E-state index is 13.0. The summed E-state index contributed by atoms with van der Waals surface area (Å²) < 4.78 is 40.1. The van der Waals surface area contributed by atoms with Gasteiger partial charge in [0.05, 0.1) is 17.8 Å². The Balaban J connectivity index is 1.75. The van der Waals surface area contributed by atoms with Gasteiger partial charge in [-0.2, -0.15) is 18.3 Å². The molecular weight excluding hydrogens is 413 g/mol. The first kappa shape index (κ1) is 22.5. The van der Waals surface area contributed by atoms with E-state index in [4.69, 9.17) is 0 Å². The minimum Gasteiger partial charge on any atom is -0.352 e. The predicted molar refractivity (Wildman–Crippen MR) is 107 cm³/mol. The van der Waals surface area contributed by atoms with Crippen LogP contribution < -0.4 is 16.1 Å². The molecule has 0 radical (unpaired) electrons. The molecule has 3 rings (SSSR count). The van der Waals surface area contributed by atoms with Crippen molar-refractivity contribution in [2.45, 2.75) is 51.2 Å². The first-order chi connectivity index (χ1) is 14.6. The predicted octanol–water partition coefficient (Wildman–Crippen LogP) is 2.74. The van der Waals surface area contributed by atoms with Crippen molar-refractivity contribution >= 4 is 11.8 Å². The fourth-order valence-corrected chi connectivity index (χ4v) is 3.55. The van der Waals surface area contributed by atoms with Gasteiger partial charge in [0.25, 0.3) is 5.91 Å². The van der Waals surface area contributed by atoms with Crippen LogP contribution in [0.5, 0.6) is 0 Å². The van der Waals surface area contributed by atoms with Crippen LogP contribution in [0.1, 0.15) is 53.8 Å². The SMILES string of the molecule is Cc1cc(=O)c(C(=O)NCC(=O)NC2CCCCC2)nn1-c1cccc(C(F)(F)F)c1. The number of hydrogen-bond acceptors (Lipinski definition) is 4. The van der Waals surface area contributed by atoms with Crippen LogP contribution in [-0.4, -0.2) is 34.2 Å². The molecule has 31 heavy (non-hydrogen) atoms. The minimum absolute atomic E-state index is 0.0522. The zero-order valence-corrected chi connectivity index (χ0v) is 17.0. The van der Waals surface area contributed by atoms with E-state index in [-0.39, 0.29) is 29.9 Å². The average molecular weight is 436 g/mol. The molecular formula is C21H23F3N4O3. The highest BCUT2D eigenvalue weighted by Crippen LogP contribution is 2.30. The van der Waals surface area contributed by atoms with Crippen molar-refractivity contribution in [1.82, 2.24) is 20.4 Å². The minimum atomic E-state index is -4.55. The third-order valence-electron chi connectivity index (χ3n) is 5.12. The number of carbonyl (C=O) groups excluding carboxylic acids is 2. The van der Waals surface area contributed by atoms with E-state index in [1.54, 1.807) is 0 Å². The summed E-state index contributed by atoms with van der Waals surface area (Å²) >= 11 is 0. The largest absolute Gasteiger partial charge is 0.416 e. The number of aromatic nitrogens is 2. The normalized spacial score (nSPS) is 14.8. The van der Waals surface area contributed by atoms with Crippen molar-refractivity contribution in [1.29, 1.82) is 0 Å². The van der Waals surface area contributed by atoms with Gasteiger partial charge in [-0.3, -0.25) is 14.4 Å². The molecule has 166 valence electrons. The molecule has 2 aromatic rings. The van der Waals surface area contributed by atoms with Gasteiger partial charge in [-0.05, 0) is 38.0 Å². The van der Waals surface area contributed by atoms with Gasteiger partial charge in [0, 0.05) is 17.8 Å². The Morgan fingerprint density at radius 1 is 1.16 bits per heavy atom. The zero-order chi connectivity index (χ0) is 22.6. The van der Waals surface area contributed by atoms with Crippen LogP contribution in [0.4, 0.5) is 13.2 Å². The Morgan fingerprint density at radius 2 is 1.87 bits per heavy atom. The van der Waals surface area contributed by atoms with E-state index in [9.17, 15) is 27.6 Å². The summed E-state index contributed by atoms with van der Waals surface area (Å²) in [5.41, 5.74) is -1.76. The van der Waals surface area contributed by atoms with Crippen molar-refractivity contribution in [3.8, 4) is 5.69 Å². The van der Waals surface area contributed by atoms with E-state index in [0.29, 0.717) is 0 Å². The number of halogens is 3. The third-order valence-corrected chi connectivity index (χ3v) is 5.12. The number of nitrogens with zero attached hydrogens (tertiary/aromatic N) is 2. The molecule has 0 atom stereocenters. The van der Waals surface area contributed by atoms with Crippen molar-refractivity contribution in [2.75, 3.05) is 6.54 Å². The Bertz CT molecular complexity index is 1030. The van der Waals surface area contributed by atoms with Gasteiger partial charge in [-0.25, -0.2) is 4.68 Å². The Kier molecular flexibility index (Phi) is 6.77. The number of hydrogen-bond donors (Lipinski definition) is 2. The highest BCUT2D eigenvalue weighted by Gasteiger charge is 2.30. The lowest BCUT2D eigenvalue weighted by Crippen LogP contribution is -2.43. The molecule has 0 unspecified atom stereocenters. The average Bonchev–Trinajstić information content (AvgIpc) is 2.72. The van der Waals surface area contributed by atoms with Crippen LogP contribution in [-0.2, 0) is 11.0 Å². The number of amides is 2. The van der Waals surface area contributed by atoms with E-state index in [2.05, 4.69) is 15.7 Å². The fraction of sp³-hybridized carbons (Fsp3) is 0.429. The standard InChI is InChI=1S/C21H23F3N4O3/c1-13-10-17(29)19(20(31)25-12-18(30)26-15-7-3-2-4-8-15)27-28(13)16-9-5-6-14(11-16)21(22,23)24/h5-6,9-11,15H,2-4,7-8,12H2,1H3,(H,25,31)(H,26,30). The lowest BCUT2D eigenvalue weighted by Gasteiger charge is -2.22. The van der Waals surface area contributed by atoms with E-state index in [1.807, 2.05) is 0 Å². The van der Waals surface area contributed by atoms with Gasteiger partial charge >= 0.3 is 6.18 Å². The monoisotopic (exact) mass is 436 g/mol. The Hall–Kier alpha value is -3.17. The van der Waals surface area contributed by atoms with Crippen LogP contribution in [0.25, 0.3) is 5.69 Å². The topological polar surface area (TPSA) is 93.1 Å². The smallest absolute Gasteiger partial charge is 0.352 e. The fourth-order valence-electron chi connectivity index (χ4n) is 3.55. The Morgan fingerprint density at radius 3 is 2.55 bits per heavy atom. The molecule has 0 spiro atoms. The number of nitrogens with one attached hydrogen (secondary N) is 2. The van der Waals surface area contributed by atoms with Gasteiger partial charge in [0.15, 0.2) is 5.69 Å². The van der Waals surface area contributed by atoms with E-state index >= 15 is 0 Å². The van der Waals surface area contributed by atoms with Gasteiger partial charge in [-0.15, -0.1) is 0 Å². The van der Waals surface area contributed by atoms with E-state index in [1.165, 1.54) is 19.1 Å². The molecule has 1 saturated carbocycles. The molecule has 10 heteroatoms. The number of carbonyl (C=O) groups is 2. The number of rotatable bonds is 5. The van der Waals surface area contributed by atoms with Crippen molar-refractivity contribution in [3.05, 3.63) is 57.5 Å². The molecule has 1 aromatic carbocycles. The molecule has 0 saturated heterocycles. The van der Waals surface area contributed by atoms with Gasteiger partial charge in [0.2, 0.25) is 11.3 Å². The molecule has 7 nitrogen and oxygen atoms in total. The van der Waals surface area contributed by atoms with Crippen LogP contribution in [0.2, 0.25) is 0 Å². The van der Waals surface area contributed by atoms with E-state index in [0.717, 1.165) is 55.0 Å². The first-order valence-corrected chi connectivity index (χ1v) is 10.0. The quantitative estimate of drug-likeness (QED) is 0.754. The van der Waals surface area contributed by atoms with Crippen molar-refractivity contribution < 1.29 is 22.8 Å². The third kappa shape index (κ3) is 5.71. The van der Waals surface area contributed by atoms with Crippen LogP contribution >= 0.6 is 0 Å². The number of aryl methyl sites for hydroxylation is 1. The second kappa shape index (κ2) is 9.32.